The monoisotopic (exact) mass is 540 g/mol. The number of aliphatic carboxylic acids is 1. The van der Waals surface area contributed by atoms with Gasteiger partial charge in [0.05, 0.1) is 36.8 Å². The highest BCUT2D eigenvalue weighted by Crippen LogP contribution is 2.58. The van der Waals surface area contributed by atoms with Gasteiger partial charge in [-0.25, -0.2) is 0 Å². The van der Waals surface area contributed by atoms with Gasteiger partial charge < -0.3 is 34.6 Å². The van der Waals surface area contributed by atoms with Crippen molar-refractivity contribution < 1.29 is 49.0 Å². The number of carboxylic acid groups (broad SMARTS) is 1. The van der Waals surface area contributed by atoms with Crippen LogP contribution >= 0.6 is 0 Å². The molecule has 0 aromatic carbocycles. The van der Waals surface area contributed by atoms with Gasteiger partial charge >= 0.3 is 17.9 Å². The Bertz CT molecular complexity index is 955. The molecule has 10 heteroatoms. The quantitative estimate of drug-likeness (QED) is 0.204. The fraction of sp³-hybridized carbons (Fsp3) is 0.821. The van der Waals surface area contributed by atoms with Crippen LogP contribution in [0.3, 0.4) is 0 Å². The van der Waals surface area contributed by atoms with Crippen molar-refractivity contribution in [2.45, 2.75) is 122 Å². The topological polar surface area (TPSA) is 163 Å². The number of ether oxygens (including phenoxy) is 3. The van der Waals surface area contributed by atoms with Gasteiger partial charge in [0.1, 0.15) is 17.8 Å². The number of hydrogen-bond donors (Lipinski definition) is 4. The summed E-state index contributed by atoms with van der Waals surface area (Å²) in [6.45, 7) is 10.2. The number of carboxylic acids is 1. The number of carbonyl (C=O) groups excluding carboxylic acids is 2. The van der Waals surface area contributed by atoms with Crippen molar-refractivity contribution in [2.75, 3.05) is 6.61 Å². The lowest BCUT2D eigenvalue weighted by atomic mass is 9.67. The predicted molar refractivity (Wildman–Crippen MR) is 136 cm³/mol. The number of aliphatic hydroxyl groups excluding tert-OH is 2. The molecule has 2 aliphatic carbocycles. The maximum atomic E-state index is 12.4. The van der Waals surface area contributed by atoms with Crippen molar-refractivity contribution in [1.82, 2.24) is 0 Å². The molecule has 0 bridgehead atoms. The highest BCUT2D eigenvalue weighted by Gasteiger charge is 2.62. The average molecular weight is 541 g/mol. The van der Waals surface area contributed by atoms with Gasteiger partial charge in [0.25, 0.3) is 0 Å². The van der Waals surface area contributed by atoms with Crippen LogP contribution < -0.4 is 0 Å². The molecule has 1 heterocycles. The normalized spacial score (nSPS) is 38.3. The number of aliphatic hydroxyl groups is 3. The number of hydrogen-bond acceptors (Lipinski definition) is 9. The van der Waals surface area contributed by atoms with Crippen LogP contribution in [0.5, 0.6) is 0 Å². The first kappa shape index (κ1) is 30.5. The molecule has 0 spiro atoms. The van der Waals surface area contributed by atoms with E-state index in [1.807, 2.05) is 27.7 Å². The van der Waals surface area contributed by atoms with Crippen LogP contribution in [0.25, 0.3) is 0 Å². The fourth-order valence-electron chi connectivity index (χ4n) is 6.62. The molecule has 2 fully saturated rings. The van der Waals surface area contributed by atoms with Crippen LogP contribution in [0.4, 0.5) is 0 Å². The van der Waals surface area contributed by atoms with E-state index in [0.29, 0.717) is 31.3 Å². The minimum absolute atomic E-state index is 0.0384. The molecule has 1 aliphatic heterocycles. The smallest absolute Gasteiger partial charge is 0.309 e. The van der Waals surface area contributed by atoms with Gasteiger partial charge in [0.2, 0.25) is 0 Å². The second-order valence-electron chi connectivity index (χ2n) is 12.7. The van der Waals surface area contributed by atoms with Crippen LogP contribution in [0.1, 0.15) is 86.5 Å². The summed E-state index contributed by atoms with van der Waals surface area (Å²) < 4.78 is 17.1. The van der Waals surface area contributed by atoms with E-state index in [1.54, 1.807) is 6.08 Å². The molecule has 0 amide bonds. The van der Waals surface area contributed by atoms with E-state index in [1.165, 1.54) is 13.8 Å². The summed E-state index contributed by atoms with van der Waals surface area (Å²) in [5, 5.41) is 41.6. The van der Waals surface area contributed by atoms with Crippen LogP contribution in [0.15, 0.2) is 11.6 Å². The van der Waals surface area contributed by atoms with Gasteiger partial charge in [0.15, 0.2) is 0 Å². The zero-order valence-electron chi connectivity index (χ0n) is 23.4. The van der Waals surface area contributed by atoms with Crippen molar-refractivity contribution >= 4 is 17.9 Å². The third-order valence-corrected chi connectivity index (χ3v) is 9.02. The van der Waals surface area contributed by atoms with Gasteiger partial charge in [-0.2, -0.15) is 0 Å². The summed E-state index contributed by atoms with van der Waals surface area (Å²) in [7, 11) is 0. The molecule has 8 atom stereocenters. The summed E-state index contributed by atoms with van der Waals surface area (Å²) >= 11 is 0. The minimum Gasteiger partial charge on any atom is -0.481 e. The average Bonchev–Trinajstić information content (AvgIpc) is 3.28. The summed E-state index contributed by atoms with van der Waals surface area (Å²) in [5.74, 6) is -2.46. The molecule has 1 saturated heterocycles. The molecule has 3 aliphatic rings. The summed E-state index contributed by atoms with van der Waals surface area (Å²) in [6, 6.07) is 0. The van der Waals surface area contributed by atoms with E-state index < -0.39 is 59.2 Å². The Morgan fingerprint density at radius 3 is 2.39 bits per heavy atom. The Labute approximate surface area is 224 Å². The Kier molecular flexibility index (Phi) is 8.73. The lowest BCUT2D eigenvalue weighted by molar-refractivity contribution is -0.162. The van der Waals surface area contributed by atoms with E-state index in [0.717, 1.165) is 6.42 Å². The first-order valence-corrected chi connectivity index (χ1v) is 13.4. The van der Waals surface area contributed by atoms with E-state index in [-0.39, 0.29) is 30.5 Å². The van der Waals surface area contributed by atoms with Crippen molar-refractivity contribution in [3.8, 4) is 0 Å². The highest BCUT2D eigenvalue weighted by atomic mass is 16.6. The van der Waals surface area contributed by atoms with Crippen molar-refractivity contribution in [1.29, 1.82) is 0 Å². The third kappa shape index (κ3) is 6.76. The molecule has 0 unspecified atom stereocenters. The predicted octanol–water partition coefficient (Wildman–Crippen LogP) is 2.51. The molecule has 3 rings (SSSR count). The molecular weight excluding hydrogens is 496 g/mol. The van der Waals surface area contributed by atoms with Crippen LogP contribution in [-0.2, 0) is 28.6 Å². The summed E-state index contributed by atoms with van der Waals surface area (Å²) in [6.07, 6.45) is 1.47. The van der Waals surface area contributed by atoms with Gasteiger partial charge in [0, 0.05) is 18.3 Å². The fourth-order valence-corrected chi connectivity index (χ4v) is 6.62. The van der Waals surface area contributed by atoms with Crippen LogP contribution in [-0.4, -0.2) is 80.1 Å². The molecule has 0 aromatic heterocycles. The second kappa shape index (κ2) is 10.9. The molecular formula is C28H44O10. The van der Waals surface area contributed by atoms with Crippen molar-refractivity contribution in [3.63, 3.8) is 0 Å². The molecule has 1 saturated carbocycles. The zero-order chi connectivity index (χ0) is 28.7. The molecule has 38 heavy (non-hydrogen) atoms. The number of fused-ring (bicyclic) bond motifs is 2. The first-order valence-electron chi connectivity index (χ1n) is 13.4. The van der Waals surface area contributed by atoms with Crippen LogP contribution in [0, 0.1) is 17.3 Å². The lowest BCUT2D eigenvalue weighted by Gasteiger charge is -2.42. The first-order chi connectivity index (χ1) is 17.4. The Balaban J connectivity index is 1.84. The molecule has 10 nitrogen and oxygen atoms in total. The highest BCUT2D eigenvalue weighted by molar-refractivity contribution is 5.74. The van der Waals surface area contributed by atoms with E-state index in [2.05, 4.69) is 0 Å². The Morgan fingerprint density at radius 2 is 1.79 bits per heavy atom. The largest absolute Gasteiger partial charge is 0.481 e. The number of carbonyl (C=O) groups is 3. The van der Waals surface area contributed by atoms with Gasteiger partial charge in [-0.1, -0.05) is 13.0 Å². The maximum absolute atomic E-state index is 12.4. The van der Waals surface area contributed by atoms with Crippen molar-refractivity contribution in [2.24, 2.45) is 17.3 Å². The summed E-state index contributed by atoms with van der Waals surface area (Å²) in [5.41, 5.74) is -3.19. The number of rotatable bonds is 8. The number of esters is 2. The second-order valence-corrected chi connectivity index (χ2v) is 12.7. The summed E-state index contributed by atoms with van der Waals surface area (Å²) in [4.78, 5) is 35.2. The van der Waals surface area contributed by atoms with Crippen LogP contribution in [0.2, 0.25) is 0 Å². The van der Waals surface area contributed by atoms with Gasteiger partial charge in [-0.15, -0.1) is 0 Å². The van der Waals surface area contributed by atoms with Gasteiger partial charge in [-0.3, -0.25) is 14.4 Å². The Morgan fingerprint density at radius 1 is 1.13 bits per heavy atom. The zero-order valence-corrected chi connectivity index (χ0v) is 23.4. The van der Waals surface area contributed by atoms with E-state index >= 15 is 0 Å². The van der Waals surface area contributed by atoms with E-state index in [4.69, 9.17) is 19.3 Å². The standard InChI is InChI=1S/C28H44O10/c1-16(29)37-25(2,3)18-9-10-27(5)19(18)12-22-28(6,38-22)20(30)8-7-17(11-21(27)31)15-36-24(34)14-26(4,35)13-23(32)33/h11,18-22,30-31,35H,7-10,12-15H2,1-6H3,(H,32,33)/b17-11+/t18-,19+,20-,21+,22-,26+,27+,28-/m1/s1. The Hall–Kier alpha value is -2.01. The molecule has 0 radical (unpaired) electrons. The van der Waals surface area contributed by atoms with E-state index in [9.17, 15) is 29.7 Å². The molecule has 216 valence electrons. The minimum atomic E-state index is -1.75. The molecule has 0 aromatic rings. The van der Waals surface area contributed by atoms with Crippen molar-refractivity contribution in [3.05, 3.63) is 11.6 Å². The SMILES string of the molecule is CC(=O)OC(C)(C)[C@@H]1CC[C@]2(C)[C@@H](O)/C=C(/COC(=O)C[C@@](C)(O)CC(=O)O)CC[C@@H](O)[C@@]3(C)O[C@@H]3C[C@@H]12. The third-order valence-electron chi connectivity index (χ3n) is 9.02. The van der Waals surface area contributed by atoms with Gasteiger partial charge in [-0.05, 0) is 71.3 Å². The lowest BCUT2D eigenvalue weighted by Crippen LogP contribution is -2.45. The number of epoxide rings is 1. The maximum Gasteiger partial charge on any atom is 0.309 e. The molecule has 4 N–H and O–H groups in total.